The van der Waals surface area contributed by atoms with Crippen molar-refractivity contribution in [3.63, 3.8) is 0 Å². The van der Waals surface area contributed by atoms with Crippen LogP contribution in [0.25, 0.3) is 11.6 Å². The van der Waals surface area contributed by atoms with Crippen molar-refractivity contribution in [2.75, 3.05) is 11.2 Å². The van der Waals surface area contributed by atoms with Crippen LogP contribution in [0.3, 0.4) is 0 Å². The molecule has 2 aromatic heterocycles. The number of carboxylic acids is 1. The lowest BCUT2D eigenvalue weighted by Gasteiger charge is -2.24. The van der Waals surface area contributed by atoms with Gasteiger partial charge in [0.25, 0.3) is 0 Å². The minimum Gasteiger partial charge on any atom is -0.481 e. The number of hydrogen-bond donors (Lipinski definition) is 2. The van der Waals surface area contributed by atoms with Crippen LogP contribution in [0.2, 0.25) is 0 Å². The van der Waals surface area contributed by atoms with Gasteiger partial charge in [-0.1, -0.05) is 11.8 Å². The molecule has 3 rings (SSSR count). The molecule has 1 atom stereocenters. The second-order valence-electron chi connectivity index (χ2n) is 3.85. The molecule has 2 N–H and O–H groups in total. The van der Waals surface area contributed by atoms with E-state index >= 15 is 0 Å². The maximum absolute atomic E-state index is 10.7. The van der Waals surface area contributed by atoms with Crippen LogP contribution in [-0.4, -0.2) is 37.7 Å². The summed E-state index contributed by atoms with van der Waals surface area (Å²) in [6.45, 7) is 0. The molecule has 0 fully saturated rings. The van der Waals surface area contributed by atoms with Crippen molar-refractivity contribution in [2.24, 2.45) is 0 Å². The number of furan rings is 1. The molecule has 7 nitrogen and oxygen atoms in total. The third-order valence-electron chi connectivity index (χ3n) is 2.52. The van der Waals surface area contributed by atoms with Crippen molar-refractivity contribution in [3.05, 3.63) is 18.4 Å². The van der Waals surface area contributed by atoms with Gasteiger partial charge in [-0.3, -0.25) is 4.79 Å². The average molecular weight is 266 g/mol. The molecule has 1 unspecified atom stereocenters. The number of carbonyl (C=O) groups is 1. The van der Waals surface area contributed by atoms with E-state index in [0.29, 0.717) is 22.5 Å². The Morgan fingerprint density at radius 3 is 3.28 bits per heavy atom. The predicted octanol–water partition coefficient (Wildman–Crippen LogP) is 1.03. The van der Waals surface area contributed by atoms with Crippen LogP contribution in [-0.2, 0) is 4.79 Å². The smallest absolute Gasteiger partial charge is 0.305 e. The topological polar surface area (TPSA) is 93.2 Å². The van der Waals surface area contributed by atoms with E-state index in [0.717, 1.165) is 0 Å². The van der Waals surface area contributed by atoms with Crippen LogP contribution < -0.4 is 5.43 Å². The summed E-state index contributed by atoms with van der Waals surface area (Å²) in [5.41, 5.74) is 3.10. The zero-order valence-corrected chi connectivity index (χ0v) is 10.1. The summed E-state index contributed by atoms with van der Waals surface area (Å²) in [7, 11) is 0. The highest BCUT2D eigenvalue weighted by molar-refractivity contribution is 7.99. The fourth-order valence-electron chi connectivity index (χ4n) is 1.76. The van der Waals surface area contributed by atoms with Gasteiger partial charge < -0.3 is 14.9 Å². The Morgan fingerprint density at radius 2 is 2.56 bits per heavy atom. The van der Waals surface area contributed by atoms with Crippen molar-refractivity contribution >= 4 is 17.7 Å². The van der Waals surface area contributed by atoms with E-state index in [1.54, 1.807) is 23.1 Å². The number of fused-ring (bicyclic) bond motifs is 1. The molecule has 0 radical (unpaired) electrons. The second-order valence-corrected chi connectivity index (χ2v) is 4.84. The van der Waals surface area contributed by atoms with Gasteiger partial charge in [0, 0.05) is 5.75 Å². The van der Waals surface area contributed by atoms with E-state index in [9.17, 15) is 4.79 Å². The predicted molar refractivity (Wildman–Crippen MR) is 63.8 cm³/mol. The quantitative estimate of drug-likeness (QED) is 0.856. The standard InChI is InChI=1S/C10H10N4O3S/c15-8(16)4-6-5-18-10-12-11-9(14(10)13-6)7-2-1-3-17-7/h1-3,6,13H,4-5H2,(H,15,16). The number of carboxylic acid groups (broad SMARTS) is 1. The maximum atomic E-state index is 10.7. The molecule has 0 bridgehead atoms. The first kappa shape index (κ1) is 11.1. The summed E-state index contributed by atoms with van der Waals surface area (Å²) >= 11 is 1.48. The highest BCUT2D eigenvalue weighted by Gasteiger charge is 2.25. The van der Waals surface area contributed by atoms with E-state index in [1.807, 2.05) is 0 Å². The molecule has 94 valence electrons. The molecule has 3 heterocycles. The lowest BCUT2D eigenvalue weighted by atomic mass is 10.2. The monoisotopic (exact) mass is 266 g/mol. The number of thioether (sulfide) groups is 1. The number of nitrogens with zero attached hydrogens (tertiary/aromatic N) is 3. The fraction of sp³-hybridized carbons (Fsp3) is 0.300. The fourth-order valence-corrected chi connectivity index (χ4v) is 2.67. The van der Waals surface area contributed by atoms with Gasteiger partial charge in [0.05, 0.1) is 18.7 Å². The summed E-state index contributed by atoms with van der Waals surface area (Å²) in [5, 5.41) is 17.6. The summed E-state index contributed by atoms with van der Waals surface area (Å²) < 4.78 is 6.95. The van der Waals surface area contributed by atoms with Crippen LogP contribution in [0.5, 0.6) is 0 Å². The number of aliphatic carboxylic acids is 1. The third kappa shape index (κ3) is 1.94. The summed E-state index contributed by atoms with van der Waals surface area (Å²) in [5.74, 6) is 0.974. The zero-order valence-electron chi connectivity index (χ0n) is 9.24. The van der Waals surface area contributed by atoms with Crippen molar-refractivity contribution in [2.45, 2.75) is 17.6 Å². The number of hydrogen-bond acceptors (Lipinski definition) is 6. The van der Waals surface area contributed by atoms with E-state index in [4.69, 9.17) is 9.52 Å². The maximum Gasteiger partial charge on any atom is 0.305 e. The van der Waals surface area contributed by atoms with Gasteiger partial charge >= 0.3 is 5.97 Å². The Bertz CT molecular complexity index is 566. The Hall–Kier alpha value is -1.96. The second kappa shape index (κ2) is 4.37. The molecule has 1 aliphatic heterocycles. The number of aromatic nitrogens is 3. The molecule has 1 aliphatic rings. The van der Waals surface area contributed by atoms with Crippen LogP contribution in [0, 0.1) is 0 Å². The normalized spacial score (nSPS) is 18.1. The van der Waals surface area contributed by atoms with Gasteiger partial charge in [0.1, 0.15) is 0 Å². The molecule has 0 aromatic carbocycles. The van der Waals surface area contributed by atoms with Gasteiger partial charge in [-0.05, 0) is 12.1 Å². The van der Waals surface area contributed by atoms with Gasteiger partial charge in [0.2, 0.25) is 11.0 Å². The van der Waals surface area contributed by atoms with E-state index in [-0.39, 0.29) is 12.5 Å². The minimum absolute atomic E-state index is 0.0578. The van der Waals surface area contributed by atoms with Crippen LogP contribution in [0.4, 0.5) is 0 Å². The van der Waals surface area contributed by atoms with Gasteiger partial charge in [-0.15, -0.1) is 10.2 Å². The molecule has 0 saturated carbocycles. The molecule has 8 heteroatoms. The van der Waals surface area contributed by atoms with Crippen LogP contribution >= 0.6 is 11.8 Å². The van der Waals surface area contributed by atoms with E-state index in [2.05, 4.69) is 15.6 Å². The summed E-state index contributed by atoms with van der Waals surface area (Å²) in [6.07, 6.45) is 1.61. The van der Waals surface area contributed by atoms with Crippen LogP contribution in [0.15, 0.2) is 28.0 Å². The molecular weight excluding hydrogens is 256 g/mol. The molecule has 0 aliphatic carbocycles. The Labute approximate surface area is 106 Å². The minimum atomic E-state index is -0.829. The number of nitrogens with one attached hydrogen (secondary N) is 1. The molecule has 0 spiro atoms. The first-order chi connectivity index (χ1) is 8.74. The molecule has 0 amide bonds. The van der Waals surface area contributed by atoms with E-state index in [1.165, 1.54) is 11.8 Å². The SMILES string of the molecule is O=C(O)CC1CSc2nnc(-c3ccco3)n2N1. The first-order valence-electron chi connectivity index (χ1n) is 5.34. The summed E-state index contributed by atoms with van der Waals surface area (Å²) in [6, 6.07) is 3.40. The lowest BCUT2D eigenvalue weighted by Crippen LogP contribution is -2.36. The highest BCUT2D eigenvalue weighted by atomic mass is 32.2. The Morgan fingerprint density at radius 1 is 1.67 bits per heavy atom. The molecule has 18 heavy (non-hydrogen) atoms. The molecule has 0 saturated heterocycles. The molecular formula is C10H10N4O3S. The van der Waals surface area contributed by atoms with Crippen LogP contribution in [0.1, 0.15) is 6.42 Å². The van der Waals surface area contributed by atoms with Gasteiger partial charge in [-0.2, -0.15) is 0 Å². The highest BCUT2D eigenvalue weighted by Crippen LogP contribution is 2.27. The van der Waals surface area contributed by atoms with E-state index < -0.39 is 5.97 Å². The zero-order chi connectivity index (χ0) is 12.5. The van der Waals surface area contributed by atoms with Gasteiger partial charge in [-0.25, -0.2) is 4.68 Å². The van der Waals surface area contributed by atoms with Crippen molar-refractivity contribution < 1.29 is 14.3 Å². The Balaban J connectivity index is 1.89. The van der Waals surface area contributed by atoms with Crippen molar-refractivity contribution in [1.29, 1.82) is 0 Å². The van der Waals surface area contributed by atoms with Gasteiger partial charge in [0.15, 0.2) is 5.76 Å². The average Bonchev–Trinajstić information content (AvgIpc) is 2.94. The molecule has 2 aromatic rings. The third-order valence-corrected chi connectivity index (χ3v) is 3.61. The Kier molecular flexibility index (Phi) is 2.71. The lowest BCUT2D eigenvalue weighted by molar-refractivity contribution is -0.137. The van der Waals surface area contributed by atoms with Crippen molar-refractivity contribution in [3.8, 4) is 11.6 Å². The summed E-state index contributed by atoms with van der Waals surface area (Å²) in [4.78, 5) is 10.7. The first-order valence-corrected chi connectivity index (χ1v) is 6.33. The largest absolute Gasteiger partial charge is 0.481 e. The van der Waals surface area contributed by atoms with Crippen molar-refractivity contribution in [1.82, 2.24) is 14.9 Å². The number of rotatable bonds is 3.